The number of fused-ring (bicyclic) bond motifs is 1. The monoisotopic (exact) mass is 531 g/mol. The van der Waals surface area contributed by atoms with Crippen LogP contribution in [0, 0.1) is 0 Å². The number of carbonyl (C=O) groups is 1. The molecule has 4 heterocycles. The Labute approximate surface area is 218 Å². The summed E-state index contributed by atoms with van der Waals surface area (Å²) in [5.41, 5.74) is -0.841. The van der Waals surface area contributed by atoms with E-state index >= 15 is 0 Å². The molecule has 204 valence electrons. The van der Waals surface area contributed by atoms with Crippen LogP contribution in [0.2, 0.25) is 0 Å². The summed E-state index contributed by atoms with van der Waals surface area (Å²) in [5, 5.41) is 11.4. The first-order valence-corrected chi connectivity index (χ1v) is 12.9. The third kappa shape index (κ3) is 5.92. The summed E-state index contributed by atoms with van der Waals surface area (Å²) in [7, 11) is 1.44. The van der Waals surface area contributed by atoms with E-state index in [2.05, 4.69) is 25.4 Å². The number of hydrogen-bond donors (Lipinski definition) is 2. The van der Waals surface area contributed by atoms with E-state index in [9.17, 15) is 18.0 Å². The van der Waals surface area contributed by atoms with E-state index in [1.54, 1.807) is 12.1 Å². The summed E-state index contributed by atoms with van der Waals surface area (Å²) < 4.78 is 47.5. The molecule has 2 fully saturated rings. The third-order valence-corrected chi connectivity index (χ3v) is 7.29. The van der Waals surface area contributed by atoms with Crippen LogP contribution in [0.3, 0.4) is 0 Å². The molecule has 2 aliphatic rings. The summed E-state index contributed by atoms with van der Waals surface area (Å²) in [5.74, 6) is -0.653. The molecule has 0 aliphatic carbocycles. The van der Waals surface area contributed by atoms with E-state index in [-0.39, 0.29) is 11.7 Å². The summed E-state index contributed by atoms with van der Waals surface area (Å²) in [6, 6.07) is 5.60. The summed E-state index contributed by atoms with van der Waals surface area (Å²) in [6.07, 6.45) is 0.349. The van der Waals surface area contributed by atoms with Gasteiger partial charge in [-0.2, -0.15) is 18.3 Å². The van der Waals surface area contributed by atoms with E-state index in [1.165, 1.54) is 7.11 Å². The number of aromatic nitrogens is 3. The third-order valence-electron chi connectivity index (χ3n) is 7.29. The van der Waals surface area contributed by atoms with E-state index in [0.29, 0.717) is 11.3 Å². The molecule has 3 aromatic rings. The molecular weight excluding hydrogens is 499 g/mol. The maximum atomic E-state index is 13.4. The van der Waals surface area contributed by atoms with Crippen molar-refractivity contribution >= 4 is 22.5 Å². The van der Waals surface area contributed by atoms with Crippen molar-refractivity contribution in [1.29, 1.82) is 0 Å². The van der Waals surface area contributed by atoms with E-state index in [4.69, 9.17) is 9.84 Å². The first-order chi connectivity index (χ1) is 18.3. The number of carbonyl (C=O) groups excluding carboxylic acids is 1. The van der Waals surface area contributed by atoms with Crippen molar-refractivity contribution < 1.29 is 22.7 Å². The number of halogens is 3. The molecule has 0 radical (unpaired) electrons. The van der Waals surface area contributed by atoms with E-state index < -0.39 is 23.3 Å². The number of piperazine rings is 1. The number of rotatable bonds is 7. The van der Waals surface area contributed by atoms with Gasteiger partial charge in [0.05, 0.1) is 29.9 Å². The standard InChI is InChI=1S/C26H32F3N7O2/c1-38-23-16-21-18(15-22(23)32-25(37)24-20(26(27,28)29)3-2-6-31-24)17-36(33-21)19-4-9-34(10-5-19)13-14-35-11-7-30-8-12-35/h2-3,6,15-17,19,30H,4-5,7-14H2,1H3,(H,32,37). The summed E-state index contributed by atoms with van der Waals surface area (Å²) in [6.45, 7) is 8.49. The number of piperidine rings is 1. The number of methoxy groups -OCH3 is 1. The van der Waals surface area contributed by atoms with Gasteiger partial charge in [-0.3, -0.25) is 19.4 Å². The Bertz CT molecular complexity index is 1270. The lowest BCUT2D eigenvalue weighted by Crippen LogP contribution is -2.47. The summed E-state index contributed by atoms with van der Waals surface area (Å²) >= 11 is 0. The van der Waals surface area contributed by atoms with Crippen LogP contribution >= 0.6 is 0 Å². The summed E-state index contributed by atoms with van der Waals surface area (Å²) in [4.78, 5) is 21.4. The van der Waals surface area contributed by atoms with Crippen molar-refractivity contribution in [2.24, 2.45) is 0 Å². The van der Waals surface area contributed by atoms with Crippen LogP contribution < -0.4 is 15.4 Å². The number of alkyl halides is 3. The molecule has 0 spiro atoms. The second-order valence-electron chi connectivity index (χ2n) is 9.74. The maximum absolute atomic E-state index is 13.4. The van der Waals surface area contributed by atoms with Crippen LogP contribution in [-0.2, 0) is 6.18 Å². The topological polar surface area (TPSA) is 87.5 Å². The molecule has 38 heavy (non-hydrogen) atoms. The molecule has 5 rings (SSSR count). The molecule has 2 aliphatic heterocycles. The highest BCUT2D eigenvalue weighted by Crippen LogP contribution is 2.34. The van der Waals surface area contributed by atoms with Gasteiger partial charge in [-0.1, -0.05) is 0 Å². The first kappa shape index (κ1) is 26.4. The first-order valence-electron chi connectivity index (χ1n) is 12.9. The van der Waals surface area contributed by atoms with Crippen molar-refractivity contribution in [2.45, 2.75) is 25.1 Å². The van der Waals surface area contributed by atoms with Gasteiger partial charge in [0.2, 0.25) is 0 Å². The lowest BCUT2D eigenvalue weighted by Gasteiger charge is -2.34. The largest absolute Gasteiger partial charge is 0.494 e. The average molecular weight is 532 g/mol. The van der Waals surface area contributed by atoms with Crippen LogP contribution in [0.15, 0.2) is 36.7 Å². The minimum absolute atomic E-state index is 0.254. The Morgan fingerprint density at radius 2 is 1.84 bits per heavy atom. The van der Waals surface area contributed by atoms with Crippen LogP contribution in [0.4, 0.5) is 18.9 Å². The number of amides is 1. The molecule has 0 saturated carbocycles. The highest BCUT2D eigenvalue weighted by Gasteiger charge is 2.36. The molecule has 2 aromatic heterocycles. The average Bonchev–Trinajstić information content (AvgIpc) is 3.34. The molecule has 0 unspecified atom stereocenters. The Balaban J connectivity index is 1.26. The number of pyridine rings is 1. The van der Waals surface area contributed by atoms with Gasteiger partial charge >= 0.3 is 6.18 Å². The lowest BCUT2D eigenvalue weighted by atomic mass is 10.1. The molecule has 1 amide bonds. The lowest BCUT2D eigenvalue weighted by molar-refractivity contribution is -0.138. The van der Waals surface area contributed by atoms with Crippen molar-refractivity contribution in [2.75, 3.05) is 64.8 Å². The Hall–Kier alpha value is -3.22. The van der Waals surface area contributed by atoms with Gasteiger partial charge < -0.3 is 20.3 Å². The second kappa shape index (κ2) is 11.3. The normalized spacial score (nSPS) is 18.1. The smallest absolute Gasteiger partial charge is 0.418 e. The van der Waals surface area contributed by atoms with Gasteiger partial charge in [0, 0.05) is 76.2 Å². The quantitative estimate of drug-likeness (QED) is 0.484. The molecule has 2 saturated heterocycles. The Morgan fingerprint density at radius 3 is 2.53 bits per heavy atom. The Kier molecular flexibility index (Phi) is 7.82. The number of ether oxygens (including phenoxy) is 1. The predicted octanol–water partition coefficient (Wildman–Crippen LogP) is 3.25. The number of likely N-dealkylation sites (tertiary alicyclic amines) is 1. The molecule has 2 N–H and O–H groups in total. The SMILES string of the molecule is COc1cc2nn(C3CCN(CCN4CCNCC4)CC3)cc2cc1NC(=O)c1ncccc1C(F)(F)F. The fourth-order valence-corrected chi connectivity index (χ4v) is 5.15. The molecule has 1 aromatic carbocycles. The number of nitrogens with one attached hydrogen (secondary N) is 2. The highest BCUT2D eigenvalue weighted by molar-refractivity contribution is 6.06. The van der Waals surface area contributed by atoms with Crippen LogP contribution in [-0.4, -0.2) is 89.9 Å². The fraction of sp³-hybridized carbons (Fsp3) is 0.500. The molecule has 9 nitrogen and oxygen atoms in total. The zero-order chi connectivity index (χ0) is 26.7. The van der Waals surface area contributed by atoms with Gasteiger partial charge in [-0.05, 0) is 31.0 Å². The molecular formula is C26H32F3N7O2. The number of nitrogens with zero attached hydrogens (tertiary/aromatic N) is 5. The van der Waals surface area contributed by atoms with Crippen LogP contribution in [0.5, 0.6) is 5.75 Å². The van der Waals surface area contributed by atoms with Gasteiger partial charge in [-0.15, -0.1) is 0 Å². The van der Waals surface area contributed by atoms with Crippen LogP contribution in [0.25, 0.3) is 10.9 Å². The van der Waals surface area contributed by atoms with Gasteiger partial charge in [0.1, 0.15) is 11.4 Å². The molecule has 0 atom stereocenters. The highest BCUT2D eigenvalue weighted by atomic mass is 19.4. The van der Waals surface area contributed by atoms with Crippen molar-refractivity contribution in [3.05, 3.63) is 47.9 Å². The van der Waals surface area contributed by atoms with Gasteiger partial charge in [0.15, 0.2) is 0 Å². The minimum atomic E-state index is -4.70. The van der Waals surface area contributed by atoms with E-state index in [0.717, 1.165) is 88.9 Å². The second-order valence-corrected chi connectivity index (χ2v) is 9.74. The van der Waals surface area contributed by atoms with Crippen molar-refractivity contribution in [3.8, 4) is 5.75 Å². The number of hydrogen-bond acceptors (Lipinski definition) is 7. The van der Waals surface area contributed by atoms with Gasteiger partial charge in [-0.25, -0.2) is 0 Å². The van der Waals surface area contributed by atoms with Crippen molar-refractivity contribution in [3.63, 3.8) is 0 Å². The molecule has 12 heteroatoms. The zero-order valence-corrected chi connectivity index (χ0v) is 21.3. The predicted molar refractivity (Wildman–Crippen MR) is 137 cm³/mol. The minimum Gasteiger partial charge on any atom is -0.494 e. The van der Waals surface area contributed by atoms with E-state index in [1.807, 2.05) is 10.9 Å². The zero-order valence-electron chi connectivity index (χ0n) is 21.3. The maximum Gasteiger partial charge on any atom is 0.418 e. The fourth-order valence-electron chi connectivity index (χ4n) is 5.15. The van der Waals surface area contributed by atoms with Gasteiger partial charge in [0.25, 0.3) is 5.91 Å². The number of benzene rings is 1. The van der Waals surface area contributed by atoms with Crippen molar-refractivity contribution in [1.82, 2.24) is 29.9 Å². The van der Waals surface area contributed by atoms with Crippen LogP contribution in [0.1, 0.15) is 34.9 Å². The number of anilines is 1. The Morgan fingerprint density at radius 1 is 1.13 bits per heavy atom. The molecule has 0 bridgehead atoms.